The van der Waals surface area contributed by atoms with Crippen LogP contribution >= 0.6 is 11.3 Å². The molecule has 1 aliphatic heterocycles. The van der Waals surface area contributed by atoms with Crippen LogP contribution in [-0.4, -0.2) is 30.1 Å². The molecule has 2 rings (SSSR count). The van der Waals surface area contributed by atoms with Gasteiger partial charge in [0.05, 0.1) is 0 Å². The molecule has 1 aliphatic rings. The molecule has 0 bridgehead atoms. The molecule has 2 nitrogen and oxygen atoms in total. The van der Waals surface area contributed by atoms with Crippen molar-refractivity contribution in [1.29, 1.82) is 0 Å². The Morgan fingerprint density at radius 2 is 2.25 bits per heavy atom. The van der Waals surface area contributed by atoms with Crippen LogP contribution in [0.3, 0.4) is 0 Å². The standard InChI is InChI=1S/C13H22N2S/c1-3-13(4-2)11-15(7-6-14-13)9-12-5-8-16-10-12/h5,8,10,14H,3-4,6-7,9,11H2,1-2H3. The minimum Gasteiger partial charge on any atom is -0.309 e. The maximum absolute atomic E-state index is 3.70. The average molecular weight is 238 g/mol. The quantitative estimate of drug-likeness (QED) is 0.867. The number of nitrogens with one attached hydrogen (secondary N) is 1. The van der Waals surface area contributed by atoms with Gasteiger partial charge in [-0.05, 0) is 35.2 Å². The molecule has 1 saturated heterocycles. The number of rotatable bonds is 4. The lowest BCUT2D eigenvalue weighted by atomic mass is 9.90. The van der Waals surface area contributed by atoms with Gasteiger partial charge in [0.1, 0.15) is 0 Å². The van der Waals surface area contributed by atoms with Gasteiger partial charge in [-0.1, -0.05) is 13.8 Å². The first-order valence-electron chi connectivity index (χ1n) is 6.26. The molecule has 0 saturated carbocycles. The van der Waals surface area contributed by atoms with Gasteiger partial charge < -0.3 is 5.32 Å². The van der Waals surface area contributed by atoms with Crippen LogP contribution in [0.25, 0.3) is 0 Å². The van der Waals surface area contributed by atoms with Crippen molar-refractivity contribution in [3.8, 4) is 0 Å². The fourth-order valence-corrected chi connectivity index (χ4v) is 3.20. The molecule has 0 unspecified atom stereocenters. The fourth-order valence-electron chi connectivity index (χ4n) is 2.54. The van der Waals surface area contributed by atoms with Gasteiger partial charge in [-0.3, -0.25) is 4.90 Å². The van der Waals surface area contributed by atoms with Crippen molar-refractivity contribution in [2.45, 2.75) is 38.8 Å². The van der Waals surface area contributed by atoms with Gasteiger partial charge in [-0.2, -0.15) is 11.3 Å². The highest BCUT2D eigenvalue weighted by Crippen LogP contribution is 2.21. The highest BCUT2D eigenvalue weighted by molar-refractivity contribution is 7.07. The van der Waals surface area contributed by atoms with Crippen molar-refractivity contribution in [3.05, 3.63) is 22.4 Å². The van der Waals surface area contributed by atoms with Crippen LogP contribution in [0.4, 0.5) is 0 Å². The maximum atomic E-state index is 3.70. The van der Waals surface area contributed by atoms with Gasteiger partial charge >= 0.3 is 0 Å². The summed E-state index contributed by atoms with van der Waals surface area (Å²) in [4.78, 5) is 2.59. The lowest BCUT2D eigenvalue weighted by molar-refractivity contribution is 0.118. The summed E-state index contributed by atoms with van der Waals surface area (Å²) >= 11 is 1.80. The third kappa shape index (κ3) is 2.65. The fraction of sp³-hybridized carbons (Fsp3) is 0.692. The summed E-state index contributed by atoms with van der Waals surface area (Å²) in [5, 5.41) is 8.14. The van der Waals surface area contributed by atoms with E-state index in [0.717, 1.165) is 13.1 Å². The van der Waals surface area contributed by atoms with Crippen LogP contribution in [0.5, 0.6) is 0 Å². The SMILES string of the molecule is CCC1(CC)CN(Cc2ccsc2)CCN1. The molecule has 0 atom stereocenters. The second-order valence-electron chi connectivity index (χ2n) is 4.76. The third-order valence-electron chi connectivity index (χ3n) is 3.79. The summed E-state index contributed by atoms with van der Waals surface area (Å²) < 4.78 is 0. The molecule has 0 amide bonds. The molecule has 0 aliphatic carbocycles. The molecule has 2 heterocycles. The van der Waals surface area contributed by atoms with Crippen molar-refractivity contribution in [3.63, 3.8) is 0 Å². The van der Waals surface area contributed by atoms with Crippen LogP contribution < -0.4 is 5.32 Å². The van der Waals surface area contributed by atoms with Crippen LogP contribution in [0, 0.1) is 0 Å². The molecule has 0 aromatic carbocycles. The molecule has 1 N–H and O–H groups in total. The van der Waals surface area contributed by atoms with Gasteiger partial charge in [-0.15, -0.1) is 0 Å². The van der Waals surface area contributed by atoms with Crippen LogP contribution in [-0.2, 0) is 6.54 Å². The predicted octanol–water partition coefficient (Wildman–Crippen LogP) is 2.71. The van der Waals surface area contributed by atoms with E-state index in [2.05, 4.69) is 40.9 Å². The number of piperazine rings is 1. The molecule has 1 fully saturated rings. The Bertz CT molecular complexity index is 304. The van der Waals surface area contributed by atoms with Gasteiger partial charge in [-0.25, -0.2) is 0 Å². The van der Waals surface area contributed by atoms with Crippen LogP contribution in [0.15, 0.2) is 16.8 Å². The monoisotopic (exact) mass is 238 g/mol. The zero-order chi connectivity index (χ0) is 11.4. The first-order valence-corrected chi connectivity index (χ1v) is 7.21. The zero-order valence-corrected chi connectivity index (χ0v) is 11.1. The summed E-state index contributed by atoms with van der Waals surface area (Å²) in [6.07, 6.45) is 2.45. The van der Waals surface area contributed by atoms with E-state index >= 15 is 0 Å². The lowest BCUT2D eigenvalue weighted by Crippen LogP contribution is -2.59. The highest BCUT2D eigenvalue weighted by atomic mass is 32.1. The Morgan fingerprint density at radius 3 is 2.88 bits per heavy atom. The van der Waals surface area contributed by atoms with Crippen molar-refractivity contribution in [2.75, 3.05) is 19.6 Å². The molecular weight excluding hydrogens is 216 g/mol. The topological polar surface area (TPSA) is 15.3 Å². The van der Waals surface area contributed by atoms with E-state index in [1.807, 2.05) is 0 Å². The van der Waals surface area contributed by atoms with E-state index in [-0.39, 0.29) is 0 Å². The van der Waals surface area contributed by atoms with Gasteiger partial charge in [0.25, 0.3) is 0 Å². The van der Waals surface area contributed by atoms with Crippen LogP contribution in [0.2, 0.25) is 0 Å². The number of hydrogen-bond acceptors (Lipinski definition) is 3. The van der Waals surface area contributed by atoms with E-state index in [9.17, 15) is 0 Å². The van der Waals surface area contributed by atoms with E-state index in [1.54, 1.807) is 11.3 Å². The molecule has 16 heavy (non-hydrogen) atoms. The summed E-state index contributed by atoms with van der Waals surface area (Å²) in [5.74, 6) is 0. The van der Waals surface area contributed by atoms with Gasteiger partial charge in [0, 0.05) is 31.7 Å². The molecule has 1 aromatic heterocycles. The van der Waals surface area contributed by atoms with Gasteiger partial charge in [0.15, 0.2) is 0 Å². The number of hydrogen-bond donors (Lipinski definition) is 1. The van der Waals surface area contributed by atoms with E-state index in [0.29, 0.717) is 5.54 Å². The Hall–Kier alpha value is -0.380. The minimum absolute atomic E-state index is 0.355. The highest BCUT2D eigenvalue weighted by Gasteiger charge is 2.31. The average Bonchev–Trinajstić information content (AvgIpc) is 2.82. The molecule has 0 spiro atoms. The second kappa shape index (κ2) is 5.30. The van der Waals surface area contributed by atoms with Crippen molar-refractivity contribution in [1.82, 2.24) is 10.2 Å². The maximum Gasteiger partial charge on any atom is 0.0304 e. The minimum atomic E-state index is 0.355. The first kappa shape index (κ1) is 12.1. The van der Waals surface area contributed by atoms with Crippen molar-refractivity contribution >= 4 is 11.3 Å². The van der Waals surface area contributed by atoms with Gasteiger partial charge in [0.2, 0.25) is 0 Å². The number of nitrogens with zero attached hydrogens (tertiary/aromatic N) is 1. The normalized spacial score (nSPS) is 21.1. The summed E-state index contributed by atoms with van der Waals surface area (Å²) in [5.41, 5.74) is 1.82. The summed E-state index contributed by atoms with van der Waals surface area (Å²) in [6, 6.07) is 2.24. The Morgan fingerprint density at radius 1 is 1.44 bits per heavy atom. The van der Waals surface area contributed by atoms with E-state index in [1.165, 1.54) is 31.5 Å². The molecule has 0 radical (unpaired) electrons. The molecule has 1 aromatic rings. The molecular formula is C13H22N2S. The van der Waals surface area contributed by atoms with Crippen LogP contribution in [0.1, 0.15) is 32.3 Å². The smallest absolute Gasteiger partial charge is 0.0304 e. The summed E-state index contributed by atoms with van der Waals surface area (Å²) in [6.45, 7) is 9.21. The van der Waals surface area contributed by atoms with E-state index < -0.39 is 0 Å². The van der Waals surface area contributed by atoms with Crippen molar-refractivity contribution < 1.29 is 0 Å². The molecule has 3 heteroatoms. The Balaban J connectivity index is 1.96. The largest absolute Gasteiger partial charge is 0.309 e. The zero-order valence-electron chi connectivity index (χ0n) is 10.3. The second-order valence-corrected chi connectivity index (χ2v) is 5.54. The third-order valence-corrected chi connectivity index (χ3v) is 4.53. The van der Waals surface area contributed by atoms with E-state index in [4.69, 9.17) is 0 Å². The van der Waals surface area contributed by atoms with Crippen molar-refractivity contribution in [2.24, 2.45) is 0 Å². The molecule has 90 valence electrons. The number of thiophene rings is 1. The lowest BCUT2D eigenvalue weighted by Gasteiger charge is -2.43. The Kier molecular flexibility index (Phi) is 4.00. The predicted molar refractivity (Wildman–Crippen MR) is 70.9 cm³/mol. The summed E-state index contributed by atoms with van der Waals surface area (Å²) in [7, 11) is 0. The Labute approximate surface area is 103 Å². The first-order chi connectivity index (χ1) is 7.78.